The lowest BCUT2D eigenvalue weighted by molar-refractivity contribution is -0.141. The van der Waals surface area contributed by atoms with Gasteiger partial charge >= 0.3 is 5.97 Å². The van der Waals surface area contributed by atoms with Crippen LogP contribution in [-0.4, -0.2) is 23.6 Å². The summed E-state index contributed by atoms with van der Waals surface area (Å²) in [5.74, 6) is -0.185. The maximum atomic E-state index is 12.3. The fraction of sp³-hybridized carbons (Fsp3) is 0.529. The van der Waals surface area contributed by atoms with Gasteiger partial charge in [0.2, 0.25) is 5.91 Å². The van der Waals surface area contributed by atoms with E-state index < -0.39 is 11.9 Å². The average Bonchev–Trinajstić information content (AvgIpc) is 3.19. The summed E-state index contributed by atoms with van der Waals surface area (Å²) in [6, 6.07) is 7.42. The van der Waals surface area contributed by atoms with E-state index in [4.69, 9.17) is 9.84 Å². The zero-order valence-electron chi connectivity index (χ0n) is 12.5. The van der Waals surface area contributed by atoms with E-state index in [1.807, 2.05) is 24.3 Å². The van der Waals surface area contributed by atoms with E-state index in [0.717, 1.165) is 0 Å². The topological polar surface area (TPSA) is 75.6 Å². The summed E-state index contributed by atoms with van der Waals surface area (Å²) in [6.07, 6.45) is 4.06. The van der Waals surface area contributed by atoms with Gasteiger partial charge in [-0.15, -0.1) is 0 Å². The van der Waals surface area contributed by atoms with Crippen molar-refractivity contribution in [1.29, 1.82) is 0 Å². The minimum Gasteiger partial charge on any atom is -0.491 e. The SMILES string of the molecule is O=C(O)[C@@H]1CC[C@H](C(=O)Nc2ccccc2OCC2CC2)C1. The van der Waals surface area contributed by atoms with Gasteiger partial charge in [0, 0.05) is 5.92 Å². The first kappa shape index (κ1) is 14.9. The minimum atomic E-state index is -0.802. The Morgan fingerprint density at radius 3 is 2.55 bits per heavy atom. The fourth-order valence-electron chi connectivity index (χ4n) is 2.87. The molecule has 1 aromatic rings. The molecule has 0 heterocycles. The molecule has 22 heavy (non-hydrogen) atoms. The summed E-state index contributed by atoms with van der Waals surface area (Å²) in [6.45, 7) is 0.692. The average molecular weight is 303 g/mol. The number of benzene rings is 1. The molecule has 1 aromatic carbocycles. The molecule has 0 unspecified atom stereocenters. The number of para-hydroxylation sites is 2. The van der Waals surface area contributed by atoms with Crippen molar-refractivity contribution in [3.63, 3.8) is 0 Å². The van der Waals surface area contributed by atoms with Gasteiger partial charge in [-0.1, -0.05) is 12.1 Å². The fourth-order valence-corrected chi connectivity index (χ4v) is 2.87. The van der Waals surface area contributed by atoms with Crippen molar-refractivity contribution in [3.05, 3.63) is 24.3 Å². The zero-order valence-corrected chi connectivity index (χ0v) is 12.5. The molecule has 0 bridgehead atoms. The first-order valence-corrected chi connectivity index (χ1v) is 7.89. The van der Waals surface area contributed by atoms with E-state index >= 15 is 0 Å². The summed E-state index contributed by atoms with van der Waals surface area (Å²) in [4.78, 5) is 23.3. The third kappa shape index (κ3) is 3.59. The molecule has 5 nitrogen and oxygen atoms in total. The van der Waals surface area contributed by atoms with Crippen LogP contribution in [0.25, 0.3) is 0 Å². The number of amides is 1. The number of ether oxygens (including phenoxy) is 1. The Kier molecular flexibility index (Phi) is 4.32. The van der Waals surface area contributed by atoms with Gasteiger partial charge in [-0.2, -0.15) is 0 Å². The predicted octanol–water partition coefficient (Wildman–Crippen LogP) is 2.91. The largest absolute Gasteiger partial charge is 0.491 e. The third-order valence-corrected chi connectivity index (χ3v) is 4.47. The highest BCUT2D eigenvalue weighted by Crippen LogP contribution is 2.34. The quantitative estimate of drug-likeness (QED) is 0.847. The molecule has 2 aliphatic carbocycles. The number of aliphatic carboxylic acids is 1. The molecule has 2 fully saturated rings. The molecule has 2 aliphatic rings. The Labute approximate surface area is 129 Å². The predicted molar refractivity (Wildman–Crippen MR) is 81.8 cm³/mol. The molecule has 2 N–H and O–H groups in total. The van der Waals surface area contributed by atoms with Crippen LogP contribution in [0.1, 0.15) is 32.1 Å². The first-order valence-electron chi connectivity index (χ1n) is 7.89. The molecule has 1 amide bonds. The lowest BCUT2D eigenvalue weighted by Gasteiger charge is -2.14. The summed E-state index contributed by atoms with van der Waals surface area (Å²) in [5, 5.41) is 11.9. The minimum absolute atomic E-state index is 0.105. The summed E-state index contributed by atoms with van der Waals surface area (Å²) < 4.78 is 5.78. The van der Waals surface area contributed by atoms with Gasteiger partial charge in [0.15, 0.2) is 0 Å². The number of carbonyl (C=O) groups excluding carboxylic acids is 1. The molecule has 2 saturated carbocycles. The van der Waals surface area contributed by atoms with E-state index in [9.17, 15) is 9.59 Å². The summed E-state index contributed by atoms with van der Waals surface area (Å²) in [7, 11) is 0. The van der Waals surface area contributed by atoms with E-state index in [2.05, 4.69) is 5.32 Å². The molecule has 3 rings (SSSR count). The first-order chi connectivity index (χ1) is 10.6. The molecular formula is C17H21NO4. The van der Waals surface area contributed by atoms with Crippen molar-refractivity contribution in [2.45, 2.75) is 32.1 Å². The van der Waals surface area contributed by atoms with Gasteiger partial charge in [0.1, 0.15) is 5.75 Å². The number of carbonyl (C=O) groups is 2. The molecule has 0 saturated heterocycles. The second-order valence-corrected chi connectivity index (χ2v) is 6.28. The van der Waals surface area contributed by atoms with Crippen molar-refractivity contribution in [2.75, 3.05) is 11.9 Å². The van der Waals surface area contributed by atoms with Crippen molar-refractivity contribution in [3.8, 4) is 5.75 Å². The normalized spacial score (nSPS) is 24.0. The van der Waals surface area contributed by atoms with E-state index in [-0.39, 0.29) is 11.8 Å². The van der Waals surface area contributed by atoms with Gasteiger partial charge < -0.3 is 15.2 Å². The molecule has 0 aliphatic heterocycles. The number of carboxylic acids is 1. The number of rotatable bonds is 6. The zero-order chi connectivity index (χ0) is 15.5. The smallest absolute Gasteiger partial charge is 0.306 e. The highest BCUT2D eigenvalue weighted by molar-refractivity contribution is 5.94. The van der Waals surface area contributed by atoms with Gasteiger partial charge in [-0.05, 0) is 50.2 Å². The van der Waals surface area contributed by atoms with Crippen molar-refractivity contribution >= 4 is 17.6 Å². The molecular weight excluding hydrogens is 282 g/mol. The maximum absolute atomic E-state index is 12.3. The summed E-state index contributed by atoms with van der Waals surface area (Å²) >= 11 is 0. The van der Waals surface area contributed by atoms with Gasteiger partial charge in [0.25, 0.3) is 0 Å². The van der Waals surface area contributed by atoms with Crippen molar-refractivity contribution in [2.24, 2.45) is 17.8 Å². The molecule has 5 heteroatoms. The number of carboxylic acid groups (broad SMARTS) is 1. The maximum Gasteiger partial charge on any atom is 0.306 e. The Bertz CT molecular complexity index is 568. The van der Waals surface area contributed by atoms with Crippen LogP contribution in [0.15, 0.2) is 24.3 Å². The molecule has 0 aromatic heterocycles. The van der Waals surface area contributed by atoms with Gasteiger partial charge in [-0.3, -0.25) is 9.59 Å². The molecule has 0 radical (unpaired) electrons. The molecule has 0 spiro atoms. The second-order valence-electron chi connectivity index (χ2n) is 6.28. The van der Waals surface area contributed by atoms with Crippen LogP contribution in [0.5, 0.6) is 5.75 Å². The van der Waals surface area contributed by atoms with Crippen molar-refractivity contribution in [1.82, 2.24) is 0 Å². The van der Waals surface area contributed by atoms with Crippen molar-refractivity contribution < 1.29 is 19.4 Å². The number of hydrogen-bond donors (Lipinski definition) is 2. The van der Waals surface area contributed by atoms with Crippen LogP contribution in [0.4, 0.5) is 5.69 Å². The van der Waals surface area contributed by atoms with Gasteiger partial charge in [0.05, 0.1) is 18.2 Å². The number of anilines is 1. The second kappa shape index (κ2) is 6.38. The Morgan fingerprint density at radius 2 is 1.86 bits per heavy atom. The van der Waals surface area contributed by atoms with E-state index in [1.54, 1.807) is 0 Å². The van der Waals surface area contributed by atoms with E-state index in [1.165, 1.54) is 12.8 Å². The van der Waals surface area contributed by atoms with Gasteiger partial charge in [-0.25, -0.2) is 0 Å². The Hall–Kier alpha value is -2.04. The number of hydrogen-bond acceptors (Lipinski definition) is 3. The highest BCUT2D eigenvalue weighted by Gasteiger charge is 2.34. The molecule has 2 atom stereocenters. The monoisotopic (exact) mass is 303 g/mol. The van der Waals surface area contributed by atoms with Crippen LogP contribution >= 0.6 is 0 Å². The van der Waals surface area contributed by atoms with Crippen LogP contribution < -0.4 is 10.1 Å². The Balaban J connectivity index is 1.60. The number of nitrogens with one attached hydrogen (secondary N) is 1. The lowest BCUT2D eigenvalue weighted by Crippen LogP contribution is -2.22. The van der Waals surface area contributed by atoms with Crippen LogP contribution in [0.3, 0.4) is 0 Å². The van der Waals surface area contributed by atoms with Crippen LogP contribution in [-0.2, 0) is 9.59 Å². The van der Waals surface area contributed by atoms with E-state index in [0.29, 0.717) is 43.2 Å². The third-order valence-electron chi connectivity index (χ3n) is 4.47. The standard InChI is InChI=1S/C17H21NO4/c19-16(12-7-8-13(9-12)17(20)21)18-14-3-1-2-4-15(14)22-10-11-5-6-11/h1-4,11-13H,5-10H2,(H,18,19)(H,20,21)/t12-,13+/m0/s1. The molecule has 118 valence electrons. The van der Waals surface area contributed by atoms with Crippen LogP contribution in [0, 0.1) is 17.8 Å². The Morgan fingerprint density at radius 1 is 1.14 bits per heavy atom. The lowest BCUT2D eigenvalue weighted by atomic mass is 10.0. The van der Waals surface area contributed by atoms with Crippen LogP contribution in [0.2, 0.25) is 0 Å². The highest BCUT2D eigenvalue weighted by atomic mass is 16.5. The summed E-state index contributed by atoms with van der Waals surface area (Å²) in [5.41, 5.74) is 0.673.